The Morgan fingerprint density at radius 1 is 1.47 bits per heavy atom. The van der Waals surface area contributed by atoms with E-state index in [2.05, 4.69) is 28.0 Å². The quantitative estimate of drug-likeness (QED) is 0.783. The van der Waals surface area contributed by atoms with Crippen LogP contribution in [-0.2, 0) is 24.7 Å². The van der Waals surface area contributed by atoms with E-state index in [-0.39, 0.29) is 5.78 Å². The average Bonchev–Trinajstić information content (AvgIpc) is 2.58. The summed E-state index contributed by atoms with van der Waals surface area (Å²) >= 11 is 3.53. The lowest BCUT2D eigenvalue weighted by molar-refractivity contribution is -0.115. The van der Waals surface area contributed by atoms with Crippen molar-refractivity contribution >= 4 is 21.7 Å². The van der Waals surface area contributed by atoms with Crippen molar-refractivity contribution in [2.45, 2.75) is 40.0 Å². The van der Waals surface area contributed by atoms with E-state index in [4.69, 9.17) is 0 Å². The second-order valence-corrected chi connectivity index (χ2v) is 4.74. The molecule has 0 spiro atoms. The molecule has 0 unspecified atom stereocenters. The number of halogens is 1. The first-order chi connectivity index (χ1) is 8.04. The van der Waals surface area contributed by atoms with Crippen LogP contribution >= 0.6 is 15.9 Å². The molecule has 3 nitrogen and oxygen atoms in total. The van der Waals surface area contributed by atoms with Gasteiger partial charge in [0.15, 0.2) is 5.78 Å². The molecule has 0 saturated carbocycles. The lowest BCUT2D eigenvalue weighted by Gasteiger charge is -2.04. The van der Waals surface area contributed by atoms with Crippen LogP contribution in [0.4, 0.5) is 0 Å². The molecule has 4 heteroatoms. The zero-order valence-corrected chi connectivity index (χ0v) is 12.5. The van der Waals surface area contributed by atoms with Gasteiger partial charge in [0.1, 0.15) is 0 Å². The molecule has 0 fully saturated rings. The number of carbonyl (C=O) groups is 1. The molecule has 0 radical (unpaired) electrons. The highest BCUT2D eigenvalue weighted by Gasteiger charge is 2.16. The predicted octanol–water partition coefficient (Wildman–Crippen LogP) is 3.21. The topological polar surface area (TPSA) is 34.9 Å². The molecule has 0 aromatic carbocycles. The van der Waals surface area contributed by atoms with Gasteiger partial charge in [0.2, 0.25) is 0 Å². The van der Waals surface area contributed by atoms with Gasteiger partial charge in [-0.3, -0.25) is 9.48 Å². The van der Waals surface area contributed by atoms with Crippen molar-refractivity contribution in [3.63, 3.8) is 0 Å². The molecule has 0 atom stereocenters. The normalized spacial score (nSPS) is 11.9. The summed E-state index contributed by atoms with van der Waals surface area (Å²) in [5, 5.41) is 4.39. The van der Waals surface area contributed by atoms with Crippen LogP contribution < -0.4 is 0 Å². The standard InChI is InChI=1S/C13H19BrN2O/c1-5-9(6-2)12(17)8-11-13(14)10(7-3)15-16(11)4/h5H,6-8H2,1-4H3. The Bertz CT molecular complexity index is 447. The highest BCUT2D eigenvalue weighted by atomic mass is 79.9. The molecule has 0 amide bonds. The van der Waals surface area contributed by atoms with Crippen LogP contribution in [-0.4, -0.2) is 15.6 Å². The Morgan fingerprint density at radius 2 is 2.12 bits per heavy atom. The highest BCUT2D eigenvalue weighted by Crippen LogP contribution is 2.23. The second kappa shape index (κ2) is 6.15. The Hall–Kier alpha value is -0.900. The monoisotopic (exact) mass is 298 g/mol. The van der Waals surface area contributed by atoms with E-state index in [1.54, 1.807) is 4.68 Å². The average molecular weight is 299 g/mol. The maximum absolute atomic E-state index is 12.0. The number of nitrogens with zero attached hydrogens (tertiary/aromatic N) is 2. The van der Waals surface area contributed by atoms with Crippen molar-refractivity contribution in [3.8, 4) is 0 Å². The molecule has 0 aliphatic heterocycles. The molecule has 0 aliphatic carbocycles. The number of ketones is 1. The van der Waals surface area contributed by atoms with Crippen LogP contribution in [0.3, 0.4) is 0 Å². The number of aromatic nitrogens is 2. The smallest absolute Gasteiger partial charge is 0.164 e. The van der Waals surface area contributed by atoms with Crippen molar-refractivity contribution < 1.29 is 4.79 Å². The van der Waals surface area contributed by atoms with Crippen molar-refractivity contribution in [1.29, 1.82) is 0 Å². The van der Waals surface area contributed by atoms with Gasteiger partial charge in [-0.05, 0) is 41.3 Å². The number of rotatable bonds is 5. The van der Waals surface area contributed by atoms with E-state index in [1.807, 2.05) is 27.0 Å². The largest absolute Gasteiger partial charge is 0.294 e. The maximum Gasteiger partial charge on any atom is 0.164 e. The van der Waals surface area contributed by atoms with E-state index >= 15 is 0 Å². The summed E-state index contributed by atoms with van der Waals surface area (Å²) in [6, 6.07) is 0. The third-order valence-electron chi connectivity index (χ3n) is 2.92. The van der Waals surface area contributed by atoms with E-state index in [1.165, 1.54) is 0 Å². The van der Waals surface area contributed by atoms with Crippen LogP contribution in [0.2, 0.25) is 0 Å². The molecule has 1 rings (SSSR count). The van der Waals surface area contributed by atoms with E-state index in [9.17, 15) is 4.79 Å². The van der Waals surface area contributed by atoms with Crippen LogP contribution in [0, 0.1) is 0 Å². The van der Waals surface area contributed by atoms with Crippen molar-refractivity contribution in [1.82, 2.24) is 9.78 Å². The Morgan fingerprint density at radius 3 is 2.53 bits per heavy atom. The molecule has 0 saturated heterocycles. The zero-order chi connectivity index (χ0) is 13.0. The minimum absolute atomic E-state index is 0.182. The maximum atomic E-state index is 12.0. The van der Waals surface area contributed by atoms with Gasteiger partial charge >= 0.3 is 0 Å². The number of allylic oxidation sites excluding steroid dienone is 2. The van der Waals surface area contributed by atoms with Crippen LogP contribution in [0.1, 0.15) is 38.6 Å². The Labute approximate surface area is 111 Å². The van der Waals surface area contributed by atoms with Gasteiger partial charge in [0.25, 0.3) is 0 Å². The van der Waals surface area contributed by atoms with E-state index in [0.29, 0.717) is 6.42 Å². The molecule has 1 aromatic rings. The lowest BCUT2D eigenvalue weighted by Crippen LogP contribution is -2.10. The SMILES string of the molecule is CC=C(CC)C(=O)Cc1c(Br)c(CC)nn1C. The molecular weight excluding hydrogens is 280 g/mol. The van der Waals surface area contributed by atoms with E-state index in [0.717, 1.165) is 34.3 Å². The highest BCUT2D eigenvalue weighted by molar-refractivity contribution is 9.10. The van der Waals surface area contributed by atoms with Gasteiger partial charge in [-0.2, -0.15) is 5.10 Å². The van der Waals surface area contributed by atoms with Gasteiger partial charge in [0.05, 0.1) is 22.3 Å². The third-order valence-corrected chi connectivity index (χ3v) is 3.83. The van der Waals surface area contributed by atoms with Crippen molar-refractivity contribution in [3.05, 3.63) is 27.5 Å². The van der Waals surface area contributed by atoms with Crippen molar-refractivity contribution in [2.75, 3.05) is 0 Å². The van der Waals surface area contributed by atoms with Gasteiger partial charge in [-0.15, -0.1) is 0 Å². The summed E-state index contributed by atoms with van der Waals surface area (Å²) in [4.78, 5) is 12.0. The minimum Gasteiger partial charge on any atom is -0.294 e. The first kappa shape index (κ1) is 14.2. The van der Waals surface area contributed by atoms with Gasteiger partial charge in [-0.1, -0.05) is 19.9 Å². The Kier molecular flexibility index (Phi) is 5.12. The zero-order valence-electron chi connectivity index (χ0n) is 10.9. The molecule has 0 aliphatic rings. The fourth-order valence-corrected chi connectivity index (χ4v) is 2.60. The summed E-state index contributed by atoms with van der Waals surface area (Å²) in [5.41, 5.74) is 2.85. The van der Waals surface area contributed by atoms with Gasteiger partial charge in [-0.25, -0.2) is 0 Å². The molecule has 1 heterocycles. The minimum atomic E-state index is 0.182. The van der Waals surface area contributed by atoms with Gasteiger partial charge < -0.3 is 0 Å². The summed E-state index contributed by atoms with van der Waals surface area (Å²) in [6.45, 7) is 5.97. The number of hydrogen-bond acceptors (Lipinski definition) is 2. The number of aryl methyl sites for hydroxylation is 2. The van der Waals surface area contributed by atoms with Crippen LogP contribution in [0.15, 0.2) is 16.1 Å². The first-order valence-electron chi connectivity index (χ1n) is 5.93. The molecule has 0 N–H and O–H groups in total. The summed E-state index contributed by atoms with van der Waals surface area (Å²) in [7, 11) is 1.88. The molecular formula is C13H19BrN2O. The summed E-state index contributed by atoms with van der Waals surface area (Å²) in [5.74, 6) is 0.182. The fourth-order valence-electron chi connectivity index (χ4n) is 1.84. The fraction of sp³-hybridized carbons (Fsp3) is 0.538. The first-order valence-corrected chi connectivity index (χ1v) is 6.72. The number of Topliss-reactive ketones (excluding diaryl/α,β-unsaturated/α-hetero) is 1. The number of carbonyl (C=O) groups excluding carboxylic acids is 1. The lowest BCUT2D eigenvalue weighted by atomic mass is 10.0. The molecule has 94 valence electrons. The van der Waals surface area contributed by atoms with Crippen molar-refractivity contribution in [2.24, 2.45) is 7.05 Å². The molecule has 0 bridgehead atoms. The summed E-state index contributed by atoms with van der Waals surface area (Å²) in [6.07, 6.45) is 3.96. The van der Waals surface area contributed by atoms with E-state index < -0.39 is 0 Å². The second-order valence-electron chi connectivity index (χ2n) is 3.95. The van der Waals surface area contributed by atoms with Crippen LogP contribution in [0.25, 0.3) is 0 Å². The Balaban J connectivity index is 2.96. The third kappa shape index (κ3) is 3.06. The number of hydrogen-bond donors (Lipinski definition) is 0. The van der Waals surface area contributed by atoms with Gasteiger partial charge in [0, 0.05) is 7.05 Å². The summed E-state index contributed by atoms with van der Waals surface area (Å²) < 4.78 is 2.77. The molecule has 17 heavy (non-hydrogen) atoms. The predicted molar refractivity (Wildman–Crippen MR) is 73.0 cm³/mol. The van der Waals surface area contributed by atoms with Crippen LogP contribution in [0.5, 0.6) is 0 Å². The molecule has 1 aromatic heterocycles.